The molecule has 2 aromatic heterocycles. The van der Waals surface area contributed by atoms with E-state index in [2.05, 4.69) is 19.0 Å². The van der Waals surface area contributed by atoms with Crippen LogP contribution in [-0.4, -0.2) is 19.6 Å². The van der Waals surface area contributed by atoms with Crippen LogP contribution in [0.3, 0.4) is 0 Å². The van der Waals surface area contributed by atoms with Crippen LogP contribution in [-0.2, 0) is 0 Å². The highest BCUT2D eigenvalue weighted by molar-refractivity contribution is 7.00. The SMILES string of the molecule is O=C(Nc1c(Cl)ccc2nsnc12)c1ccnc(Cl)c1. The quantitative estimate of drug-likeness (QED) is 0.730. The zero-order valence-electron chi connectivity index (χ0n) is 9.80. The first-order valence-corrected chi connectivity index (χ1v) is 6.97. The largest absolute Gasteiger partial charge is 0.319 e. The standard InChI is InChI=1S/C12H6Cl2N4OS/c13-7-1-2-8-11(18-20-17-8)10(7)16-12(19)6-3-4-15-9(14)5-6/h1-5H,(H,16,19). The summed E-state index contributed by atoms with van der Waals surface area (Å²) in [5.74, 6) is -0.336. The summed E-state index contributed by atoms with van der Waals surface area (Å²) >= 11 is 12.9. The number of hydrogen-bond donors (Lipinski definition) is 1. The molecule has 3 aromatic rings. The molecule has 0 spiro atoms. The third-order valence-electron chi connectivity index (χ3n) is 2.60. The number of rotatable bonds is 2. The topological polar surface area (TPSA) is 67.8 Å². The first kappa shape index (κ1) is 13.2. The number of nitrogens with zero attached hydrogens (tertiary/aromatic N) is 3. The van der Waals surface area contributed by atoms with Crippen LogP contribution in [0.1, 0.15) is 10.4 Å². The highest BCUT2D eigenvalue weighted by atomic mass is 35.5. The molecule has 2 heterocycles. The lowest BCUT2D eigenvalue weighted by atomic mass is 10.2. The minimum atomic E-state index is -0.336. The number of amides is 1. The Morgan fingerprint density at radius 3 is 2.85 bits per heavy atom. The average molecular weight is 325 g/mol. The van der Waals surface area contributed by atoms with E-state index in [1.807, 2.05) is 0 Å². The van der Waals surface area contributed by atoms with Gasteiger partial charge in [0.15, 0.2) is 0 Å². The van der Waals surface area contributed by atoms with Gasteiger partial charge in [-0.1, -0.05) is 23.2 Å². The third kappa shape index (κ3) is 2.45. The summed E-state index contributed by atoms with van der Waals surface area (Å²) in [7, 11) is 0. The number of carbonyl (C=O) groups excluding carboxylic acids is 1. The van der Waals surface area contributed by atoms with E-state index in [-0.39, 0.29) is 11.1 Å². The first-order valence-electron chi connectivity index (χ1n) is 5.49. The van der Waals surface area contributed by atoms with Crippen LogP contribution in [0.25, 0.3) is 11.0 Å². The number of nitrogens with one attached hydrogen (secondary N) is 1. The molecule has 0 aliphatic heterocycles. The van der Waals surface area contributed by atoms with Crippen molar-refractivity contribution in [2.75, 3.05) is 5.32 Å². The fourth-order valence-corrected chi connectivity index (χ4v) is 2.59. The molecule has 1 N–H and O–H groups in total. The second-order valence-electron chi connectivity index (χ2n) is 3.88. The van der Waals surface area contributed by atoms with Crippen molar-refractivity contribution in [3.8, 4) is 0 Å². The number of benzene rings is 1. The highest BCUT2D eigenvalue weighted by Gasteiger charge is 2.14. The van der Waals surface area contributed by atoms with E-state index >= 15 is 0 Å². The number of aromatic nitrogens is 3. The Balaban J connectivity index is 1.99. The van der Waals surface area contributed by atoms with E-state index < -0.39 is 0 Å². The predicted octanol–water partition coefficient (Wildman–Crippen LogP) is 3.65. The van der Waals surface area contributed by atoms with Gasteiger partial charge in [-0.2, -0.15) is 8.75 Å². The minimum Gasteiger partial charge on any atom is -0.319 e. The maximum absolute atomic E-state index is 12.2. The van der Waals surface area contributed by atoms with Gasteiger partial charge < -0.3 is 5.32 Å². The Morgan fingerprint density at radius 1 is 1.20 bits per heavy atom. The number of fused-ring (bicyclic) bond motifs is 1. The van der Waals surface area contributed by atoms with E-state index in [9.17, 15) is 4.79 Å². The molecule has 0 aliphatic rings. The molecule has 0 saturated heterocycles. The maximum Gasteiger partial charge on any atom is 0.255 e. The molecule has 0 atom stereocenters. The zero-order valence-corrected chi connectivity index (χ0v) is 12.1. The van der Waals surface area contributed by atoms with Gasteiger partial charge in [-0.05, 0) is 24.3 Å². The highest BCUT2D eigenvalue weighted by Crippen LogP contribution is 2.30. The van der Waals surface area contributed by atoms with Crippen LogP contribution in [0, 0.1) is 0 Å². The lowest BCUT2D eigenvalue weighted by molar-refractivity contribution is 0.102. The summed E-state index contributed by atoms with van der Waals surface area (Å²) in [5, 5.41) is 3.38. The molecule has 1 aromatic carbocycles. The van der Waals surface area contributed by atoms with Crippen LogP contribution in [0.15, 0.2) is 30.5 Å². The molecule has 0 bridgehead atoms. The Hall–Kier alpha value is -1.76. The van der Waals surface area contributed by atoms with Gasteiger partial charge in [0, 0.05) is 11.8 Å². The van der Waals surface area contributed by atoms with Crippen LogP contribution < -0.4 is 5.32 Å². The van der Waals surface area contributed by atoms with Gasteiger partial charge in [0.05, 0.1) is 22.4 Å². The number of halogens is 2. The molecule has 0 saturated carbocycles. The van der Waals surface area contributed by atoms with E-state index in [1.54, 1.807) is 18.2 Å². The van der Waals surface area contributed by atoms with Crippen molar-refractivity contribution in [3.05, 3.63) is 46.2 Å². The molecule has 3 rings (SSSR count). The van der Waals surface area contributed by atoms with Gasteiger partial charge in [-0.15, -0.1) is 0 Å². The van der Waals surface area contributed by atoms with Gasteiger partial charge in [-0.25, -0.2) is 4.98 Å². The van der Waals surface area contributed by atoms with Gasteiger partial charge in [0.25, 0.3) is 5.91 Å². The third-order valence-corrected chi connectivity index (χ3v) is 3.67. The van der Waals surface area contributed by atoms with Crippen LogP contribution in [0.5, 0.6) is 0 Å². The summed E-state index contributed by atoms with van der Waals surface area (Å²) in [6.07, 6.45) is 1.46. The van der Waals surface area contributed by atoms with Crippen molar-refractivity contribution < 1.29 is 4.79 Å². The molecule has 0 aliphatic carbocycles. The van der Waals surface area contributed by atoms with Gasteiger partial charge in [-0.3, -0.25) is 4.79 Å². The van der Waals surface area contributed by atoms with Crippen molar-refractivity contribution in [2.24, 2.45) is 0 Å². The summed E-state index contributed by atoms with van der Waals surface area (Å²) in [6.45, 7) is 0. The minimum absolute atomic E-state index is 0.247. The van der Waals surface area contributed by atoms with Crippen molar-refractivity contribution in [1.29, 1.82) is 0 Å². The molecule has 20 heavy (non-hydrogen) atoms. The van der Waals surface area contributed by atoms with Gasteiger partial charge in [0.1, 0.15) is 16.2 Å². The number of hydrogen-bond acceptors (Lipinski definition) is 5. The first-order chi connectivity index (χ1) is 9.65. The van der Waals surface area contributed by atoms with Crippen molar-refractivity contribution in [3.63, 3.8) is 0 Å². The van der Waals surface area contributed by atoms with Gasteiger partial charge >= 0.3 is 0 Å². The van der Waals surface area contributed by atoms with E-state index in [0.29, 0.717) is 27.3 Å². The van der Waals surface area contributed by atoms with E-state index in [1.165, 1.54) is 12.3 Å². The average Bonchev–Trinajstić information content (AvgIpc) is 2.90. The van der Waals surface area contributed by atoms with E-state index in [0.717, 1.165) is 11.7 Å². The van der Waals surface area contributed by atoms with Crippen LogP contribution in [0.4, 0.5) is 5.69 Å². The summed E-state index contributed by atoms with van der Waals surface area (Å²) in [4.78, 5) is 16.0. The Morgan fingerprint density at radius 2 is 2.05 bits per heavy atom. The van der Waals surface area contributed by atoms with Gasteiger partial charge in [0.2, 0.25) is 0 Å². The fourth-order valence-electron chi connectivity index (χ4n) is 1.68. The number of pyridine rings is 1. The van der Waals surface area contributed by atoms with Crippen molar-refractivity contribution in [2.45, 2.75) is 0 Å². The van der Waals surface area contributed by atoms with Crippen molar-refractivity contribution >= 4 is 57.6 Å². The van der Waals surface area contributed by atoms with E-state index in [4.69, 9.17) is 23.2 Å². The second-order valence-corrected chi connectivity index (χ2v) is 5.20. The predicted molar refractivity (Wildman–Crippen MR) is 79.6 cm³/mol. The monoisotopic (exact) mass is 324 g/mol. The summed E-state index contributed by atoms with van der Waals surface area (Å²) in [5.41, 5.74) is 2.08. The number of anilines is 1. The van der Waals surface area contributed by atoms with Crippen LogP contribution in [0.2, 0.25) is 10.2 Å². The lowest BCUT2D eigenvalue weighted by Gasteiger charge is -2.07. The van der Waals surface area contributed by atoms with Crippen LogP contribution >= 0.6 is 34.9 Å². The molecule has 0 radical (unpaired) electrons. The van der Waals surface area contributed by atoms with Crippen molar-refractivity contribution in [1.82, 2.24) is 13.7 Å². The molecular weight excluding hydrogens is 319 g/mol. The zero-order chi connectivity index (χ0) is 14.1. The molecule has 100 valence electrons. The fraction of sp³-hybridized carbons (Fsp3) is 0. The summed E-state index contributed by atoms with van der Waals surface area (Å²) in [6, 6.07) is 6.46. The molecular formula is C12H6Cl2N4OS. The maximum atomic E-state index is 12.2. The Kier molecular flexibility index (Phi) is 3.52. The molecule has 0 unspecified atom stereocenters. The second kappa shape index (κ2) is 5.32. The molecule has 0 fully saturated rings. The Labute approximate surface area is 127 Å². The molecule has 5 nitrogen and oxygen atoms in total. The lowest BCUT2D eigenvalue weighted by Crippen LogP contribution is -2.12. The smallest absolute Gasteiger partial charge is 0.255 e. The number of carbonyl (C=O) groups is 1. The summed E-state index contributed by atoms with van der Waals surface area (Å²) < 4.78 is 8.24. The molecule has 8 heteroatoms. The molecule has 1 amide bonds. The normalized spacial score (nSPS) is 10.7. The Bertz CT molecular complexity index is 805.